The Morgan fingerprint density at radius 2 is 1.53 bits per heavy atom. The van der Waals surface area contributed by atoms with Crippen molar-refractivity contribution in [3.05, 3.63) is 118 Å². The van der Waals surface area contributed by atoms with Crippen LogP contribution in [-0.2, 0) is 16.1 Å². The molecule has 5 rings (SSSR count). The number of halogens is 1. The standard InChI is InChI=1S/C25H27ClN2.C10H14N2O2S/c1-20-6-5-7-21(18-20)19-27-14-16-28(17-15-27)25(22-8-3-2-4-9-22)23-10-12-24(26)13-11-23;1-4-10(5-6(2)3)7(13)11-9(15)12-8(10)14/h2-13,18,25H,14-17,19H2,1H3;2,4-5H2,1,3H3,(H2,11,12,13,14,15). The van der Waals surface area contributed by atoms with Crippen molar-refractivity contribution >= 4 is 40.7 Å². The molecule has 0 aromatic heterocycles. The minimum Gasteiger partial charge on any atom is -0.302 e. The van der Waals surface area contributed by atoms with Gasteiger partial charge in [-0.1, -0.05) is 96.4 Å². The number of hydrogen-bond donors (Lipinski definition) is 2. The number of carbonyl (C=O) groups is 2. The van der Waals surface area contributed by atoms with Crippen LogP contribution in [0, 0.1) is 12.3 Å². The molecular weight excluding hydrogens is 576 g/mol. The quantitative estimate of drug-likeness (QED) is 0.173. The van der Waals surface area contributed by atoms with E-state index in [2.05, 4.69) is 101 Å². The molecule has 0 spiro atoms. The van der Waals surface area contributed by atoms with Gasteiger partial charge in [-0.05, 0) is 67.7 Å². The second kappa shape index (κ2) is 14.9. The highest BCUT2D eigenvalue weighted by Crippen LogP contribution is 2.32. The van der Waals surface area contributed by atoms with E-state index < -0.39 is 5.41 Å². The second-order valence-electron chi connectivity index (χ2n) is 11.5. The van der Waals surface area contributed by atoms with E-state index in [0.717, 1.165) is 43.3 Å². The summed E-state index contributed by atoms with van der Waals surface area (Å²) in [5.74, 6) is -0.663. The summed E-state index contributed by atoms with van der Waals surface area (Å²) in [6, 6.07) is 28.3. The van der Waals surface area contributed by atoms with Crippen LogP contribution in [0.2, 0.25) is 5.02 Å². The molecule has 2 N–H and O–H groups in total. The van der Waals surface area contributed by atoms with Gasteiger partial charge in [0.2, 0.25) is 11.8 Å². The average Bonchev–Trinajstić information content (AvgIpc) is 2.98. The van der Waals surface area contributed by atoms with Crippen molar-refractivity contribution < 1.29 is 9.59 Å². The van der Waals surface area contributed by atoms with Crippen molar-refractivity contribution in [1.82, 2.24) is 20.4 Å². The number of thiocarbonyl (C=S) groups is 1. The first-order chi connectivity index (χ1) is 20.6. The van der Waals surface area contributed by atoms with Gasteiger partial charge < -0.3 is 10.6 Å². The summed E-state index contributed by atoms with van der Waals surface area (Å²) in [5.41, 5.74) is 5.15. The Morgan fingerprint density at radius 3 is 2.09 bits per heavy atom. The van der Waals surface area contributed by atoms with Gasteiger partial charge in [0, 0.05) is 37.7 Å². The lowest BCUT2D eigenvalue weighted by Gasteiger charge is -2.40. The van der Waals surface area contributed by atoms with E-state index in [9.17, 15) is 9.59 Å². The summed E-state index contributed by atoms with van der Waals surface area (Å²) in [6.45, 7) is 14.8. The zero-order chi connectivity index (χ0) is 31.0. The normalized spacial score (nSPS) is 17.7. The van der Waals surface area contributed by atoms with Gasteiger partial charge in [-0.25, -0.2) is 0 Å². The zero-order valence-corrected chi connectivity index (χ0v) is 26.8. The molecule has 0 aliphatic carbocycles. The summed E-state index contributed by atoms with van der Waals surface area (Å²) in [7, 11) is 0. The zero-order valence-electron chi connectivity index (χ0n) is 25.2. The number of nitrogens with one attached hydrogen (secondary N) is 2. The van der Waals surface area contributed by atoms with E-state index in [1.165, 1.54) is 22.3 Å². The third-order valence-corrected chi connectivity index (χ3v) is 8.55. The molecule has 3 aromatic carbocycles. The van der Waals surface area contributed by atoms with Gasteiger partial charge in [0.25, 0.3) is 0 Å². The van der Waals surface area contributed by atoms with Gasteiger partial charge in [-0.15, -0.1) is 6.58 Å². The number of benzene rings is 3. The third kappa shape index (κ3) is 8.39. The predicted octanol–water partition coefficient (Wildman–Crippen LogP) is 6.44. The smallest absolute Gasteiger partial charge is 0.242 e. The summed E-state index contributed by atoms with van der Waals surface area (Å²) in [4.78, 5) is 28.8. The van der Waals surface area contributed by atoms with Gasteiger partial charge >= 0.3 is 0 Å². The van der Waals surface area contributed by atoms with Crippen molar-refractivity contribution in [2.75, 3.05) is 26.2 Å². The van der Waals surface area contributed by atoms with E-state index in [1.807, 2.05) is 12.1 Å². The Labute approximate surface area is 266 Å². The maximum atomic E-state index is 11.8. The molecule has 2 fully saturated rings. The molecule has 2 aliphatic heterocycles. The van der Waals surface area contributed by atoms with E-state index in [1.54, 1.807) is 13.8 Å². The minimum atomic E-state index is -1.05. The highest BCUT2D eigenvalue weighted by molar-refractivity contribution is 7.80. The lowest BCUT2D eigenvalue weighted by Crippen LogP contribution is -2.62. The molecule has 3 aromatic rings. The summed E-state index contributed by atoms with van der Waals surface area (Å²) in [5, 5.41) is 5.82. The van der Waals surface area contributed by atoms with E-state index >= 15 is 0 Å². The second-order valence-corrected chi connectivity index (χ2v) is 12.3. The molecule has 0 radical (unpaired) electrons. The van der Waals surface area contributed by atoms with Crippen LogP contribution in [0.3, 0.4) is 0 Å². The SMILES string of the molecule is C=C(C)CC1(CC)C(=O)NC(=S)NC1=O.Cc1cccc(CN2CCN(C(c3ccccc3)c3ccc(Cl)cc3)CC2)c1. The van der Waals surface area contributed by atoms with Gasteiger partial charge in [0.05, 0.1) is 6.04 Å². The minimum absolute atomic E-state index is 0.0794. The lowest BCUT2D eigenvalue weighted by atomic mass is 9.77. The van der Waals surface area contributed by atoms with Crippen LogP contribution < -0.4 is 10.6 Å². The Kier molecular flexibility index (Phi) is 11.3. The fourth-order valence-electron chi connectivity index (χ4n) is 5.84. The molecule has 2 saturated heterocycles. The number of hydrogen-bond acceptors (Lipinski definition) is 5. The van der Waals surface area contributed by atoms with Crippen LogP contribution in [0.25, 0.3) is 0 Å². The fraction of sp³-hybridized carbons (Fsp3) is 0.343. The first-order valence-corrected chi connectivity index (χ1v) is 15.5. The molecule has 43 heavy (non-hydrogen) atoms. The van der Waals surface area contributed by atoms with Gasteiger partial charge in [-0.2, -0.15) is 0 Å². The molecule has 2 heterocycles. The summed E-state index contributed by atoms with van der Waals surface area (Å²) < 4.78 is 0. The number of rotatable bonds is 8. The van der Waals surface area contributed by atoms with Crippen LogP contribution in [0.15, 0.2) is 91.0 Å². The number of amides is 2. The molecule has 8 heteroatoms. The molecule has 0 saturated carbocycles. The van der Waals surface area contributed by atoms with Crippen molar-refractivity contribution in [1.29, 1.82) is 0 Å². The predicted molar refractivity (Wildman–Crippen MR) is 179 cm³/mol. The third-order valence-electron chi connectivity index (χ3n) is 8.09. The van der Waals surface area contributed by atoms with Gasteiger partial charge in [-0.3, -0.25) is 19.4 Å². The molecule has 1 atom stereocenters. The molecule has 2 amide bonds. The maximum absolute atomic E-state index is 11.8. The van der Waals surface area contributed by atoms with Gasteiger partial charge in [0.1, 0.15) is 5.41 Å². The Balaban J connectivity index is 0.000000239. The Morgan fingerprint density at radius 1 is 0.930 bits per heavy atom. The van der Waals surface area contributed by atoms with Crippen molar-refractivity contribution in [3.63, 3.8) is 0 Å². The van der Waals surface area contributed by atoms with Crippen LogP contribution in [0.4, 0.5) is 0 Å². The molecule has 226 valence electrons. The first-order valence-electron chi connectivity index (χ1n) is 14.7. The monoisotopic (exact) mass is 616 g/mol. The van der Waals surface area contributed by atoms with Gasteiger partial charge in [0.15, 0.2) is 5.11 Å². The van der Waals surface area contributed by atoms with Crippen LogP contribution in [0.5, 0.6) is 0 Å². The van der Waals surface area contributed by atoms with Crippen LogP contribution in [-0.4, -0.2) is 52.9 Å². The Bertz CT molecular complexity index is 1420. The molecule has 6 nitrogen and oxygen atoms in total. The van der Waals surface area contributed by atoms with Crippen LogP contribution in [0.1, 0.15) is 55.0 Å². The average molecular weight is 617 g/mol. The number of allylic oxidation sites excluding steroid dienone is 1. The largest absolute Gasteiger partial charge is 0.302 e. The molecular formula is C35H41ClN4O2S. The van der Waals surface area contributed by atoms with E-state index in [-0.39, 0.29) is 23.0 Å². The fourth-order valence-corrected chi connectivity index (χ4v) is 6.16. The topological polar surface area (TPSA) is 64.7 Å². The summed E-state index contributed by atoms with van der Waals surface area (Å²) in [6.07, 6.45) is 0.782. The summed E-state index contributed by atoms with van der Waals surface area (Å²) >= 11 is 10.9. The number of carbonyl (C=O) groups excluding carboxylic acids is 2. The van der Waals surface area contributed by atoms with E-state index in [4.69, 9.17) is 23.8 Å². The van der Waals surface area contributed by atoms with E-state index in [0.29, 0.717) is 12.8 Å². The van der Waals surface area contributed by atoms with Crippen molar-refractivity contribution in [2.45, 2.75) is 46.2 Å². The lowest BCUT2D eigenvalue weighted by molar-refractivity contribution is -0.143. The van der Waals surface area contributed by atoms with Crippen molar-refractivity contribution in [3.8, 4) is 0 Å². The Hall–Kier alpha value is -3.36. The molecule has 1 unspecified atom stereocenters. The number of aryl methyl sites for hydroxylation is 1. The van der Waals surface area contributed by atoms with Crippen molar-refractivity contribution in [2.24, 2.45) is 5.41 Å². The van der Waals surface area contributed by atoms with Crippen LogP contribution >= 0.6 is 23.8 Å². The highest BCUT2D eigenvalue weighted by atomic mass is 35.5. The molecule has 2 aliphatic rings. The first kappa shape index (κ1) is 32.6. The number of piperazine rings is 1. The molecule has 0 bridgehead atoms. The highest BCUT2D eigenvalue weighted by Gasteiger charge is 2.47. The number of nitrogens with zero attached hydrogens (tertiary/aromatic N) is 2. The maximum Gasteiger partial charge on any atom is 0.242 e.